The standard InChI is InChI=1S/C10H5BrFN3O/c11-5-1-2-6-9(8(5)12)15-4-13-3-7(15)10(16)14-6/h1-4H,(H,14,16). The Morgan fingerprint density at radius 3 is 3.06 bits per heavy atom. The summed E-state index contributed by atoms with van der Waals surface area (Å²) in [6.07, 6.45) is 2.82. The van der Waals surface area contributed by atoms with Gasteiger partial charge in [-0.3, -0.25) is 9.20 Å². The molecule has 16 heavy (non-hydrogen) atoms. The summed E-state index contributed by atoms with van der Waals surface area (Å²) in [6.45, 7) is 0. The summed E-state index contributed by atoms with van der Waals surface area (Å²) >= 11 is 3.11. The molecule has 0 saturated carbocycles. The van der Waals surface area contributed by atoms with Crippen molar-refractivity contribution in [3.8, 4) is 0 Å². The van der Waals surface area contributed by atoms with Gasteiger partial charge in [-0.1, -0.05) is 0 Å². The van der Waals surface area contributed by atoms with Crippen LogP contribution in [0.25, 0.3) is 16.6 Å². The van der Waals surface area contributed by atoms with Crippen molar-refractivity contribution in [2.45, 2.75) is 0 Å². The number of fused-ring (bicyclic) bond motifs is 3. The first-order chi connectivity index (χ1) is 7.68. The number of H-pyrrole nitrogens is 1. The zero-order valence-electron chi connectivity index (χ0n) is 7.87. The van der Waals surface area contributed by atoms with Gasteiger partial charge >= 0.3 is 0 Å². The Bertz CT molecular complexity index is 762. The zero-order chi connectivity index (χ0) is 11.3. The largest absolute Gasteiger partial charge is 0.319 e. The molecular weight excluding hydrogens is 277 g/mol. The van der Waals surface area contributed by atoms with Gasteiger partial charge in [-0.15, -0.1) is 0 Å². The highest BCUT2D eigenvalue weighted by Gasteiger charge is 2.11. The number of halogens is 2. The van der Waals surface area contributed by atoms with Gasteiger partial charge in [-0.05, 0) is 28.1 Å². The van der Waals surface area contributed by atoms with E-state index in [9.17, 15) is 9.18 Å². The average Bonchev–Trinajstić information content (AvgIpc) is 2.73. The Labute approximate surface area is 96.9 Å². The third-order valence-electron chi connectivity index (χ3n) is 2.43. The number of nitrogens with zero attached hydrogens (tertiary/aromatic N) is 2. The van der Waals surface area contributed by atoms with Gasteiger partial charge in [0.15, 0.2) is 5.82 Å². The number of nitrogens with one attached hydrogen (secondary N) is 1. The van der Waals surface area contributed by atoms with E-state index in [2.05, 4.69) is 25.9 Å². The van der Waals surface area contributed by atoms with Gasteiger partial charge in [0.1, 0.15) is 11.0 Å². The van der Waals surface area contributed by atoms with Crippen LogP contribution in [0.5, 0.6) is 0 Å². The molecule has 0 fully saturated rings. The molecule has 0 saturated heterocycles. The smallest absolute Gasteiger partial charge is 0.274 e. The fraction of sp³-hybridized carbons (Fsp3) is 0. The molecule has 3 aromatic rings. The van der Waals surface area contributed by atoms with Crippen LogP contribution in [-0.2, 0) is 0 Å². The minimum atomic E-state index is -0.420. The lowest BCUT2D eigenvalue weighted by molar-refractivity contribution is 0.628. The number of hydrogen-bond donors (Lipinski definition) is 1. The Kier molecular flexibility index (Phi) is 1.88. The van der Waals surface area contributed by atoms with Crippen LogP contribution in [0.4, 0.5) is 4.39 Å². The van der Waals surface area contributed by atoms with Crippen molar-refractivity contribution in [2.75, 3.05) is 0 Å². The van der Waals surface area contributed by atoms with Gasteiger partial charge in [0, 0.05) is 0 Å². The van der Waals surface area contributed by atoms with Gasteiger partial charge in [-0.25, -0.2) is 9.37 Å². The van der Waals surface area contributed by atoms with Gasteiger partial charge in [-0.2, -0.15) is 0 Å². The van der Waals surface area contributed by atoms with Gasteiger partial charge < -0.3 is 4.98 Å². The van der Waals surface area contributed by atoms with Crippen LogP contribution in [0, 0.1) is 5.82 Å². The molecule has 4 nitrogen and oxygen atoms in total. The van der Waals surface area contributed by atoms with Crippen molar-refractivity contribution >= 4 is 32.5 Å². The van der Waals surface area contributed by atoms with Crippen LogP contribution in [0.1, 0.15) is 0 Å². The molecule has 0 radical (unpaired) electrons. The molecule has 0 atom stereocenters. The van der Waals surface area contributed by atoms with Crippen molar-refractivity contribution < 1.29 is 4.39 Å². The fourth-order valence-corrected chi connectivity index (χ4v) is 2.02. The Balaban J connectivity index is 2.72. The van der Waals surface area contributed by atoms with E-state index in [0.29, 0.717) is 21.0 Å². The van der Waals surface area contributed by atoms with E-state index in [0.717, 1.165) is 0 Å². The maximum Gasteiger partial charge on any atom is 0.274 e. The van der Waals surface area contributed by atoms with Crippen LogP contribution in [0.3, 0.4) is 0 Å². The molecule has 0 aliphatic heterocycles. The van der Waals surface area contributed by atoms with E-state index >= 15 is 0 Å². The summed E-state index contributed by atoms with van der Waals surface area (Å²) in [4.78, 5) is 18.1. The topological polar surface area (TPSA) is 50.2 Å². The second kappa shape index (κ2) is 3.15. The first-order valence-corrected chi connectivity index (χ1v) is 5.30. The van der Waals surface area contributed by atoms with Crippen LogP contribution < -0.4 is 5.56 Å². The molecule has 0 amide bonds. The van der Waals surface area contributed by atoms with Crippen LogP contribution in [0.2, 0.25) is 0 Å². The molecule has 0 aliphatic carbocycles. The summed E-state index contributed by atoms with van der Waals surface area (Å²) < 4.78 is 15.7. The highest BCUT2D eigenvalue weighted by atomic mass is 79.9. The maximum atomic E-state index is 13.9. The third kappa shape index (κ3) is 1.13. The number of hydrogen-bond acceptors (Lipinski definition) is 2. The van der Waals surface area contributed by atoms with Crippen molar-refractivity contribution in [1.82, 2.24) is 14.4 Å². The molecule has 3 rings (SSSR count). The lowest BCUT2D eigenvalue weighted by Gasteiger charge is -2.04. The zero-order valence-corrected chi connectivity index (χ0v) is 9.45. The molecule has 1 aromatic carbocycles. The predicted molar refractivity (Wildman–Crippen MR) is 61.0 cm³/mol. The molecule has 0 unspecified atom stereocenters. The number of aromatic amines is 1. The first kappa shape index (κ1) is 9.53. The molecule has 2 heterocycles. The van der Waals surface area contributed by atoms with E-state index in [1.807, 2.05) is 0 Å². The molecule has 0 aliphatic rings. The minimum absolute atomic E-state index is 0.285. The SMILES string of the molecule is O=c1[nH]c2ccc(Br)c(F)c2n2cncc12. The predicted octanol–water partition coefficient (Wildman–Crippen LogP) is 2.08. The van der Waals surface area contributed by atoms with Gasteiger partial charge in [0.25, 0.3) is 5.56 Å². The normalized spacial score (nSPS) is 11.4. The Morgan fingerprint density at radius 2 is 2.25 bits per heavy atom. The monoisotopic (exact) mass is 281 g/mol. The summed E-state index contributed by atoms with van der Waals surface area (Å²) in [6, 6.07) is 3.19. The Hall–Kier alpha value is -1.69. The highest BCUT2D eigenvalue weighted by Crippen LogP contribution is 2.23. The molecule has 0 spiro atoms. The van der Waals surface area contributed by atoms with Crippen LogP contribution in [-0.4, -0.2) is 14.4 Å². The molecule has 1 N–H and O–H groups in total. The van der Waals surface area contributed by atoms with E-state index in [1.165, 1.54) is 16.9 Å². The first-order valence-electron chi connectivity index (χ1n) is 4.50. The number of rotatable bonds is 0. The molecular formula is C10H5BrFN3O. The van der Waals surface area contributed by atoms with E-state index < -0.39 is 5.82 Å². The summed E-state index contributed by atoms with van der Waals surface area (Å²) in [7, 11) is 0. The lowest BCUT2D eigenvalue weighted by atomic mass is 10.3. The molecule has 6 heteroatoms. The van der Waals surface area contributed by atoms with Crippen molar-refractivity contribution in [1.29, 1.82) is 0 Å². The second-order valence-corrected chi connectivity index (χ2v) is 4.21. The van der Waals surface area contributed by atoms with Crippen LogP contribution >= 0.6 is 15.9 Å². The number of imidazole rings is 1. The lowest BCUT2D eigenvalue weighted by Crippen LogP contribution is -2.10. The van der Waals surface area contributed by atoms with Crippen molar-refractivity contribution in [2.24, 2.45) is 0 Å². The highest BCUT2D eigenvalue weighted by molar-refractivity contribution is 9.10. The molecule has 80 valence electrons. The molecule has 0 bridgehead atoms. The number of aromatic nitrogens is 3. The summed E-state index contributed by atoms with van der Waals surface area (Å²) in [5, 5.41) is 0. The van der Waals surface area contributed by atoms with Crippen molar-refractivity contribution in [3.05, 3.63) is 45.3 Å². The van der Waals surface area contributed by atoms with Crippen LogP contribution in [0.15, 0.2) is 33.9 Å². The Morgan fingerprint density at radius 1 is 1.44 bits per heavy atom. The fourth-order valence-electron chi connectivity index (χ4n) is 1.70. The second-order valence-electron chi connectivity index (χ2n) is 3.36. The quantitative estimate of drug-likeness (QED) is 0.686. The number of benzene rings is 1. The summed E-state index contributed by atoms with van der Waals surface area (Å²) in [5.74, 6) is -0.420. The third-order valence-corrected chi connectivity index (χ3v) is 3.04. The van der Waals surface area contributed by atoms with E-state index in [1.54, 1.807) is 12.1 Å². The van der Waals surface area contributed by atoms with Crippen molar-refractivity contribution in [3.63, 3.8) is 0 Å². The van der Waals surface area contributed by atoms with Gasteiger partial charge in [0.2, 0.25) is 0 Å². The van der Waals surface area contributed by atoms with Gasteiger partial charge in [0.05, 0.1) is 22.5 Å². The van der Waals surface area contributed by atoms with E-state index in [4.69, 9.17) is 0 Å². The minimum Gasteiger partial charge on any atom is -0.319 e. The maximum absolute atomic E-state index is 13.9. The van der Waals surface area contributed by atoms with E-state index in [-0.39, 0.29) is 5.56 Å². The average molecular weight is 282 g/mol. The summed E-state index contributed by atoms with van der Waals surface area (Å²) in [5.41, 5.74) is 0.786. The molecule has 2 aromatic heterocycles.